The number of hydrogen-bond donors (Lipinski definition) is 1. The Balaban J connectivity index is 1.22. The first kappa shape index (κ1) is 19.6. The second-order valence-electron chi connectivity index (χ2n) is 7.35. The summed E-state index contributed by atoms with van der Waals surface area (Å²) in [5, 5.41) is 7.10. The van der Waals surface area contributed by atoms with E-state index in [9.17, 15) is 4.79 Å². The van der Waals surface area contributed by atoms with Gasteiger partial charge in [0, 0.05) is 5.39 Å². The van der Waals surface area contributed by atoms with Gasteiger partial charge >= 0.3 is 5.91 Å². The lowest BCUT2D eigenvalue weighted by molar-refractivity contribution is 0.0929. The molecule has 1 N–H and O–H groups in total. The van der Waals surface area contributed by atoms with Gasteiger partial charge in [-0.15, -0.1) is 0 Å². The molecular weight excluding hydrogens is 400 g/mol. The Morgan fingerprint density at radius 3 is 2.50 bits per heavy atom. The lowest BCUT2D eigenvalue weighted by Crippen LogP contribution is -2.16. The van der Waals surface area contributed by atoms with Crippen LogP contribution in [-0.4, -0.2) is 12.1 Å². The van der Waals surface area contributed by atoms with Crippen LogP contribution in [0.5, 0.6) is 5.75 Å². The third-order valence-electron chi connectivity index (χ3n) is 5.16. The number of nitrogens with zero attached hydrogens (tertiary/aromatic N) is 1. The van der Waals surface area contributed by atoms with Gasteiger partial charge in [-0.1, -0.05) is 60.7 Å². The lowest BCUT2D eigenvalue weighted by atomic mass is 10.1. The molecule has 5 aromatic rings. The summed E-state index contributed by atoms with van der Waals surface area (Å²) < 4.78 is 11.5. The van der Waals surface area contributed by atoms with Crippen molar-refractivity contribution in [3.8, 4) is 5.75 Å². The fourth-order valence-electron chi connectivity index (χ4n) is 3.52. The van der Waals surface area contributed by atoms with Crippen molar-refractivity contribution in [2.75, 3.05) is 0 Å². The van der Waals surface area contributed by atoms with Gasteiger partial charge in [0.2, 0.25) is 0 Å². The SMILES string of the molecule is O=C(N/N=C/c1ccc(OCc2ccccc2)cc1)c1cc2c(ccc3ccccc32)o1. The maximum atomic E-state index is 12.5. The van der Waals surface area contributed by atoms with Gasteiger partial charge < -0.3 is 9.15 Å². The van der Waals surface area contributed by atoms with E-state index in [-0.39, 0.29) is 5.76 Å². The molecule has 0 saturated carbocycles. The molecule has 0 aliphatic heterocycles. The van der Waals surface area contributed by atoms with Crippen LogP contribution in [0.25, 0.3) is 21.7 Å². The van der Waals surface area contributed by atoms with E-state index in [1.165, 1.54) is 0 Å². The van der Waals surface area contributed by atoms with Gasteiger partial charge in [0.15, 0.2) is 5.76 Å². The van der Waals surface area contributed by atoms with Gasteiger partial charge in [0.05, 0.1) is 6.21 Å². The molecule has 5 nitrogen and oxygen atoms in total. The quantitative estimate of drug-likeness (QED) is 0.274. The van der Waals surface area contributed by atoms with Crippen LogP contribution in [0.2, 0.25) is 0 Å². The number of carbonyl (C=O) groups is 1. The lowest BCUT2D eigenvalue weighted by Gasteiger charge is -2.06. The predicted octanol–water partition coefficient (Wildman–Crippen LogP) is 5.93. The third kappa shape index (κ3) is 4.23. The Kier molecular flexibility index (Phi) is 5.37. The normalized spacial score (nSPS) is 11.2. The highest BCUT2D eigenvalue weighted by Gasteiger charge is 2.13. The minimum Gasteiger partial charge on any atom is -0.489 e. The van der Waals surface area contributed by atoms with E-state index >= 15 is 0 Å². The number of carbonyl (C=O) groups excluding carboxylic acids is 1. The summed E-state index contributed by atoms with van der Waals surface area (Å²) in [6.45, 7) is 0.511. The molecule has 5 heteroatoms. The Bertz CT molecular complexity index is 1400. The van der Waals surface area contributed by atoms with E-state index in [0.29, 0.717) is 12.2 Å². The van der Waals surface area contributed by atoms with Gasteiger partial charge in [-0.2, -0.15) is 5.10 Å². The fraction of sp³-hybridized carbons (Fsp3) is 0.0370. The number of fused-ring (bicyclic) bond motifs is 3. The van der Waals surface area contributed by atoms with Crippen molar-refractivity contribution in [3.63, 3.8) is 0 Å². The molecular formula is C27H20N2O3. The summed E-state index contributed by atoms with van der Waals surface area (Å²) in [6.07, 6.45) is 1.58. The molecule has 5 rings (SSSR count). The number of hydrazone groups is 1. The summed E-state index contributed by atoms with van der Waals surface area (Å²) in [5.41, 5.74) is 5.14. The molecule has 0 saturated heterocycles. The maximum Gasteiger partial charge on any atom is 0.307 e. The smallest absolute Gasteiger partial charge is 0.307 e. The molecule has 0 bridgehead atoms. The maximum absolute atomic E-state index is 12.5. The summed E-state index contributed by atoms with van der Waals surface area (Å²) in [4.78, 5) is 12.5. The summed E-state index contributed by atoms with van der Waals surface area (Å²) >= 11 is 0. The molecule has 0 aliphatic carbocycles. The number of furan rings is 1. The predicted molar refractivity (Wildman–Crippen MR) is 126 cm³/mol. The Morgan fingerprint density at radius 1 is 0.875 bits per heavy atom. The van der Waals surface area contributed by atoms with E-state index < -0.39 is 5.91 Å². The second kappa shape index (κ2) is 8.78. The van der Waals surface area contributed by atoms with Gasteiger partial charge in [0.1, 0.15) is 17.9 Å². The molecule has 0 atom stereocenters. The topological polar surface area (TPSA) is 63.8 Å². The number of hydrogen-bond acceptors (Lipinski definition) is 4. The Hall–Kier alpha value is -4.38. The number of nitrogens with one attached hydrogen (secondary N) is 1. The van der Waals surface area contributed by atoms with E-state index in [4.69, 9.17) is 9.15 Å². The van der Waals surface area contributed by atoms with Crippen LogP contribution in [0.15, 0.2) is 107 Å². The van der Waals surface area contributed by atoms with Crippen molar-refractivity contribution in [2.24, 2.45) is 5.10 Å². The fourth-order valence-corrected chi connectivity index (χ4v) is 3.52. The van der Waals surface area contributed by atoms with Crippen molar-refractivity contribution in [1.82, 2.24) is 5.43 Å². The molecule has 0 radical (unpaired) electrons. The molecule has 156 valence electrons. The Labute approximate surface area is 184 Å². The van der Waals surface area contributed by atoms with Crippen LogP contribution < -0.4 is 10.2 Å². The zero-order valence-electron chi connectivity index (χ0n) is 17.2. The van der Waals surface area contributed by atoms with Gasteiger partial charge in [-0.05, 0) is 58.3 Å². The highest BCUT2D eigenvalue weighted by Crippen LogP contribution is 2.28. The van der Waals surface area contributed by atoms with Gasteiger partial charge in [-0.25, -0.2) is 5.43 Å². The second-order valence-corrected chi connectivity index (χ2v) is 7.35. The number of amides is 1. The number of ether oxygens (including phenoxy) is 1. The molecule has 1 heterocycles. The highest BCUT2D eigenvalue weighted by molar-refractivity contribution is 6.08. The first-order valence-corrected chi connectivity index (χ1v) is 10.3. The van der Waals surface area contributed by atoms with Crippen LogP contribution in [-0.2, 0) is 6.61 Å². The largest absolute Gasteiger partial charge is 0.489 e. The summed E-state index contributed by atoms with van der Waals surface area (Å²) in [7, 11) is 0. The third-order valence-corrected chi connectivity index (χ3v) is 5.16. The molecule has 1 amide bonds. The zero-order valence-corrected chi connectivity index (χ0v) is 17.2. The van der Waals surface area contributed by atoms with Crippen LogP contribution in [0.4, 0.5) is 0 Å². The molecule has 0 fully saturated rings. The first-order chi connectivity index (χ1) is 15.8. The van der Waals surface area contributed by atoms with Crippen LogP contribution in [0.3, 0.4) is 0 Å². The number of rotatable bonds is 6. The Morgan fingerprint density at radius 2 is 1.66 bits per heavy atom. The zero-order chi connectivity index (χ0) is 21.8. The van der Waals surface area contributed by atoms with E-state index in [1.54, 1.807) is 12.3 Å². The molecule has 0 aliphatic rings. The first-order valence-electron chi connectivity index (χ1n) is 10.3. The van der Waals surface area contributed by atoms with Crippen molar-refractivity contribution in [1.29, 1.82) is 0 Å². The van der Waals surface area contributed by atoms with Crippen LogP contribution in [0.1, 0.15) is 21.7 Å². The minimum absolute atomic E-state index is 0.221. The molecule has 0 unspecified atom stereocenters. The monoisotopic (exact) mass is 420 g/mol. The molecule has 1 aromatic heterocycles. The molecule has 32 heavy (non-hydrogen) atoms. The van der Waals surface area contributed by atoms with Crippen LogP contribution in [0, 0.1) is 0 Å². The summed E-state index contributed by atoms with van der Waals surface area (Å²) in [5.74, 6) is 0.590. The average Bonchev–Trinajstić information content (AvgIpc) is 3.29. The van der Waals surface area contributed by atoms with E-state index in [0.717, 1.165) is 33.0 Å². The minimum atomic E-state index is -0.399. The van der Waals surface area contributed by atoms with E-state index in [2.05, 4.69) is 10.5 Å². The highest BCUT2D eigenvalue weighted by atomic mass is 16.5. The van der Waals surface area contributed by atoms with Crippen molar-refractivity contribution in [3.05, 3.63) is 114 Å². The van der Waals surface area contributed by atoms with Crippen molar-refractivity contribution >= 4 is 33.9 Å². The standard InChI is InChI=1S/C27H20N2O3/c30-27(26-16-24-23-9-5-4-8-21(23)12-15-25(24)32-26)29-28-17-19-10-13-22(14-11-19)31-18-20-6-2-1-3-7-20/h1-17H,18H2,(H,29,30)/b28-17+. The summed E-state index contributed by atoms with van der Waals surface area (Å²) in [6, 6.07) is 31.1. The number of benzene rings is 4. The van der Waals surface area contributed by atoms with Crippen molar-refractivity contribution in [2.45, 2.75) is 6.61 Å². The van der Waals surface area contributed by atoms with Gasteiger partial charge in [-0.3, -0.25) is 4.79 Å². The van der Waals surface area contributed by atoms with Crippen LogP contribution >= 0.6 is 0 Å². The molecule has 4 aromatic carbocycles. The molecule has 0 spiro atoms. The van der Waals surface area contributed by atoms with Gasteiger partial charge in [0.25, 0.3) is 0 Å². The van der Waals surface area contributed by atoms with E-state index in [1.807, 2.05) is 91.0 Å². The van der Waals surface area contributed by atoms with Crippen molar-refractivity contribution < 1.29 is 13.9 Å². The average molecular weight is 420 g/mol.